The van der Waals surface area contributed by atoms with E-state index in [1.165, 1.54) is 11.3 Å². The first kappa shape index (κ1) is 9.20. The number of aliphatic hydroxyl groups is 1. The average molecular weight is 182 g/mol. The summed E-state index contributed by atoms with van der Waals surface area (Å²) in [5, 5.41) is 19.1. The summed E-state index contributed by atoms with van der Waals surface area (Å²) >= 11 is 1.38. The van der Waals surface area contributed by atoms with Crippen molar-refractivity contribution >= 4 is 11.3 Å². The van der Waals surface area contributed by atoms with Crippen LogP contribution in [0, 0.1) is 11.3 Å². The van der Waals surface area contributed by atoms with E-state index in [9.17, 15) is 0 Å². The molecule has 0 bridgehead atoms. The lowest BCUT2D eigenvalue weighted by Crippen LogP contribution is -2.11. The molecule has 64 valence electrons. The van der Waals surface area contributed by atoms with Crippen LogP contribution in [0.2, 0.25) is 0 Å². The minimum Gasteiger partial charge on any atom is -0.396 e. The third-order valence-electron chi connectivity index (χ3n) is 1.64. The number of aliphatic hydroxyl groups excluding tert-OH is 1. The fourth-order valence-corrected chi connectivity index (χ4v) is 1.76. The van der Waals surface area contributed by atoms with Crippen LogP contribution in [-0.2, 0) is 0 Å². The van der Waals surface area contributed by atoms with Crippen LogP contribution in [-0.4, -0.2) is 11.7 Å². The topological polar surface area (TPSA) is 70.0 Å². The molecule has 1 atom stereocenters. The number of hydrogen-bond acceptors (Lipinski definition) is 4. The lowest BCUT2D eigenvalue weighted by molar-refractivity contribution is 0.276. The molecule has 1 rings (SSSR count). The summed E-state index contributed by atoms with van der Waals surface area (Å²) in [6, 6.07) is 3.70. The molecule has 0 fully saturated rings. The number of nitrogens with zero attached hydrogens (tertiary/aromatic N) is 1. The van der Waals surface area contributed by atoms with Gasteiger partial charge in [0.2, 0.25) is 0 Å². The van der Waals surface area contributed by atoms with Crippen LogP contribution in [0.4, 0.5) is 0 Å². The number of rotatable bonds is 3. The fourth-order valence-electron chi connectivity index (χ4n) is 0.997. The molecular formula is C8H10N2OS. The first-order chi connectivity index (χ1) is 5.79. The van der Waals surface area contributed by atoms with Gasteiger partial charge in [0.05, 0.1) is 0 Å². The van der Waals surface area contributed by atoms with E-state index in [0.29, 0.717) is 11.3 Å². The van der Waals surface area contributed by atoms with E-state index in [2.05, 4.69) is 6.07 Å². The minimum absolute atomic E-state index is 0.0574. The normalized spacial score (nSPS) is 12.4. The lowest BCUT2D eigenvalue weighted by Gasteiger charge is -2.07. The molecule has 1 aromatic heterocycles. The highest BCUT2D eigenvalue weighted by Crippen LogP contribution is 2.22. The molecule has 0 aliphatic rings. The Balaban J connectivity index is 2.80. The maximum Gasteiger partial charge on any atom is 0.110 e. The second-order valence-corrected chi connectivity index (χ2v) is 3.35. The van der Waals surface area contributed by atoms with E-state index in [0.717, 1.165) is 5.56 Å². The van der Waals surface area contributed by atoms with Crippen molar-refractivity contribution in [3.63, 3.8) is 0 Å². The molecule has 0 amide bonds. The zero-order valence-electron chi connectivity index (χ0n) is 6.53. The van der Waals surface area contributed by atoms with Gasteiger partial charge in [-0.3, -0.25) is 0 Å². The monoisotopic (exact) mass is 182 g/mol. The summed E-state index contributed by atoms with van der Waals surface area (Å²) in [4.78, 5) is 0.649. The van der Waals surface area contributed by atoms with Gasteiger partial charge >= 0.3 is 0 Å². The van der Waals surface area contributed by atoms with Crippen molar-refractivity contribution in [2.75, 3.05) is 6.61 Å². The Morgan fingerprint density at radius 1 is 1.75 bits per heavy atom. The Bertz CT molecular complexity index is 289. The summed E-state index contributed by atoms with van der Waals surface area (Å²) in [6.45, 7) is 0.0574. The molecule has 0 aliphatic heterocycles. The maximum absolute atomic E-state index is 8.67. The molecule has 0 saturated heterocycles. The zero-order chi connectivity index (χ0) is 8.97. The van der Waals surface area contributed by atoms with Crippen LogP contribution >= 0.6 is 11.3 Å². The Labute approximate surface area is 75.1 Å². The van der Waals surface area contributed by atoms with Gasteiger partial charge in [-0.05, 0) is 23.4 Å². The van der Waals surface area contributed by atoms with Crippen molar-refractivity contribution < 1.29 is 5.11 Å². The second kappa shape index (κ2) is 4.21. The summed E-state index contributed by atoms with van der Waals surface area (Å²) in [7, 11) is 0. The second-order valence-electron chi connectivity index (χ2n) is 2.44. The van der Waals surface area contributed by atoms with Crippen LogP contribution in [0.1, 0.15) is 22.9 Å². The van der Waals surface area contributed by atoms with Gasteiger partial charge in [0.25, 0.3) is 0 Å². The van der Waals surface area contributed by atoms with E-state index in [1.54, 1.807) is 0 Å². The predicted octanol–water partition coefficient (Wildman–Crippen LogP) is 1.00. The van der Waals surface area contributed by atoms with Gasteiger partial charge in [-0.1, -0.05) is 0 Å². The molecule has 4 heteroatoms. The van der Waals surface area contributed by atoms with Crippen LogP contribution in [0.5, 0.6) is 0 Å². The quantitative estimate of drug-likeness (QED) is 0.732. The summed E-state index contributed by atoms with van der Waals surface area (Å²) in [5.41, 5.74) is 6.57. The molecule has 12 heavy (non-hydrogen) atoms. The van der Waals surface area contributed by atoms with Crippen molar-refractivity contribution in [2.45, 2.75) is 12.5 Å². The molecule has 1 aromatic rings. The van der Waals surface area contributed by atoms with E-state index < -0.39 is 0 Å². The number of hydrogen-bond donors (Lipinski definition) is 2. The van der Waals surface area contributed by atoms with Crippen LogP contribution in [0.25, 0.3) is 0 Å². The number of nitriles is 1. The third-order valence-corrected chi connectivity index (χ3v) is 2.47. The molecular weight excluding hydrogens is 172 g/mol. The molecule has 3 nitrogen and oxygen atoms in total. The van der Waals surface area contributed by atoms with E-state index >= 15 is 0 Å². The number of thiophene rings is 1. The van der Waals surface area contributed by atoms with Gasteiger partial charge in [-0.15, -0.1) is 11.3 Å². The Morgan fingerprint density at radius 3 is 3.08 bits per heavy atom. The standard InChI is InChI=1S/C8H10N2OS/c9-5-8-6(2-4-12-8)7(10)1-3-11/h2,4,7,11H,1,3,10H2. The Kier molecular flexibility index (Phi) is 3.23. The summed E-state index contributed by atoms with van der Waals surface area (Å²) < 4.78 is 0. The third kappa shape index (κ3) is 1.83. The SMILES string of the molecule is N#Cc1sccc1C(N)CCO. The predicted molar refractivity (Wildman–Crippen MR) is 47.7 cm³/mol. The van der Waals surface area contributed by atoms with E-state index in [4.69, 9.17) is 16.1 Å². The minimum atomic E-state index is -0.212. The molecule has 3 N–H and O–H groups in total. The molecule has 0 aromatic carbocycles. The molecule has 1 unspecified atom stereocenters. The van der Waals surface area contributed by atoms with E-state index in [-0.39, 0.29) is 12.6 Å². The van der Waals surface area contributed by atoms with E-state index in [1.807, 2.05) is 11.4 Å². The van der Waals surface area contributed by atoms with Gasteiger partial charge in [-0.25, -0.2) is 0 Å². The van der Waals surface area contributed by atoms with Gasteiger partial charge in [0.1, 0.15) is 10.9 Å². The van der Waals surface area contributed by atoms with Gasteiger partial charge in [-0.2, -0.15) is 5.26 Å². The summed E-state index contributed by atoms with van der Waals surface area (Å²) in [6.07, 6.45) is 0.505. The van der Waals surface area contributed by atoms with Crippen molar-refractivity contribution in [1.29, 1.82) is 5.26 Å². The average Bonchev–Trinajstić information content (AvgIpc) is 2.51. The fraction of sp³-hybridized carbons (Fsp3) is 0.375. The highest BCUT2D eigenvalue weighted by atomic mass is 32.1. The first-order valence-corrected chi connectivity index (χ1v) is 4.51. The first-order valence-electron chi connectivity index (χ1n) is 3.63. The largest absolute Gasteiger partial charge is 0.396 e. The number of nitrogens with two attached hydrogens (primary N) is 1. The highest BCUT2D eigenvalue weighted by molar-refractivity contribution is 7.10. The van der Waals surface area contributed by atoms with Crippen LogP contribution in [0.15, 0.2) is 11.4 Å². The van der Waals surface area contributed by atoms with Crippen molar-refractivity contribution in [3.05, 3.63) is 21.9 Å². The van der Waals surface area contributed by atoms with Gasteiger partial charge in [0, 0.05) is 12.6 Å². The smallest absolute Gasteiger partial charge is 0.110 e. The highest BCUT2D eigenvalue weighted by Gasteiger charge is 2.10. The Morgan fingerprint density at radius 2 is 2.50 bits per heavy atom. The molecule has 1 heterocycles. The van der Waals surface area contributed by atoms with Crippen molar-refractivity contribution in [2.24, 2.45) is 5.73 Å². The maximum atomic E-state index is 8.67. The van der Waals surface area contributed by atoms with Gasteiger partial charge in [0.15, 0.2) is 0 Å². The van der Waals surface area contributed by atoms with Crippen LogP contribution < -0.4 is 5.73 Å². The molecule has 0 saturated carbocycles. The molecule has 0 radical (unpaired) electrons. The molecule has 0 aliphatic carbocycles. The van der Waals surface area contributed by atoms with Gasteiger partial charge < -0.3 is 10.8 Å². The zero-order valence-corrected chi connectivity index (χ0v) is 7.34. The molecule has 0 spiro atoms. The van der Waals surface area contributed by atoms with Crippen molar-refractivity contribution in [3.8, 4) is 6.07 Å². The lowest BCUT2D eigenvalue weighted by atomic mass is 10.1. The Hall–Kier alpha value is -0.890. The van der Waals surface area contributed by atoms with Crippen LogP contribution in [0.3, 0.4) is 0 Å². The van der Waals surface area contributed by atoms with Crippen molar-refractivity contribution in [1.82, 2.24) is 0 Å². The summed E-state index contributed by atoms with van der Waals surface area (Å²) in [5.74, 6) is 0.